The molecule has 1 fully saturated rings. The Morgan fingerprint density at radius 3 is 2.83 bits per heavy atom. The zero-order valence-electron chi connectivity index (χ0n) is 12.7. The van der Waals surface area contributed by atoms with Gasteiger partial charge in [-0.1, -0.05) is 18.2 Å². The molecule has 0 aliphatic heterocycles. The predicted octanol–water partition coefficient (Wildman–Crippen LogP) is 2.88. The highest BCUT2D eigenvalue weighted by Gasteiger charge is 2.20. The van der Waals surface area contributed by atoms with Crippen molar-refractivity contribution in [3.63, 3.8) is 0 Å². The number of nitrogens with zero attached hydrogens (tertiary/aromatic N) is 1. The first kappa shape index (κ1) is 17.7. The van der Waals surface area contributed by atoms with Crippen LogP contribution in [0.4, 0.5) is 0 Å². The molecule has 23 heavy (non-hydrogen) atoms. The standard InChI is InChI=1S/C16H19N3O2S.ClH/c17-8-15-19-13(10-22-15)16(20)18-9-11-4-1-2-7-14(11)21-12-5-3-6-12;/h1-2,4,7,10,12H,3,5-6,8-9,17H2,(H,18,20);1H. The van der Waals surface area contributed by atoms with Crippen molar-refractivity contribution in [2.45, 2.75) is 38.5 Å². The average molecular weight is 354 g/mol. The molecular weight excluding hydrogens is 334 g/mol. The Morgan fingerprint density at radius 1 is 1.39 bits per heavy atom. The second-order valence-corrected chi connectivity index (χ2v) is 6.23. The molecule has 0 radical (unpaired) electrons. The van der Waals surface area contributed by atoms with Gasteiger partial charge in [0.15, 0.2) is 0 Å². The highest BCUT2D eigenvalue weighted by molar-refractivity contribution is 7.09. The van der Waals surface area contributed by atoms with Crippen LogP contribution in [-0.4, -0.2) is 17.0 Å². The minimum Gasteiger partial charge on any atom is -0.490 e. The summed E-state index contributed by atoms with van der Waals surface area (Å²) in [6, 6.07) is 7.83. The Balaban J connectivity index is 0.00000192. The smallest absolute Gasteiger partial charge is 0.271 e. The number of amides is 1. The summed E-state index contributed by atoms with van der Waals surface area (Å²) in [6.07, 6.45) is 3.78. The first-order chi connectivity index (χ1) is 10.8. The summed E-state index contributed by atoms with van der Waals surface area (Å²) in [6.45, 7) is 0.785. The highest BCUT2D eigenvalue weighted by Crippen LogP contribution is 2.27. The van der Waals surface area contributed by atoms with E-state index in [0.29, 0.717) is 24.9 Å². The predicted molar refractivity (Wildman–Crippen MR) is 93.1 cm³/mol. The van der Waals surface area contributed by atoms with E-state index in [4.69, 9.17) is 10.5 Å². The van der Waals surface area contributed by atoms with E-state index < -0.39 is 0 Å². The van der Waals surface area contributed by atoms with Crippen molar-refractivity contribution in [2.24, 2.45) is 5.73 Å². The molecule has 1 aromatic carbocycles. The van der Waals surface area contributed by atoms with Gasteiger partial charge in [-0.15, -0.1) is 23.7 Å². The third-order valence-corrected chi connectivity index (χ3v) is 4.59. The van der Waals surface area contributed by atoms with Crippen LogP contribution in [0.5, 0.6) is 5.75 Å². The fourth-order valence-electron chi connectivity index (χ4n) is 2.21. The molecule has 1 aliphatic rings. The maximum atomic E-state index is 12.1. The molecule has 1 amide bonds. The number of para-hydroxylation sites is 1. The minimum absolute atomic E-state index is 0. The average Bonchev–Trinajstić information content (AvgIpc) is 2.98. The van der Waals surface area contributed by atoms with Crippen LogP contribution >= 0.6 is 23.7 Å². The van der Waals surface area contributed by atoms with Crippen molar-refractivity contribution in [2.75, 3.05) is 0 Å². The van der Waals surface area contributed by atoms with E-state index >= 15 is 0 Å². The van der Waals surface area contributed by atoms with Crippen LogP contribution in [0.15, 0.2) is 29.6 Å². The van der Waals surface area contributed by atoms with Gasteiger partial charge in [0.05, 0.1) is 6.10 Å². The SMILES string of the molecule is Cl.NCc1nc(C(=O)NCc2ccccc2OC2CCC2)cs1. The highest BCUT2D eigenvalue weighted by atomic mass is 35.5. The number of nitrogens with two attached hydrogens (primary N) is 1. The van der Waals surface area contributed by atoms with Gasteiger partial charge in [0, 0.05) is 24.0 Å². The van der Waals surface area contributed by atoms with Gasteiger partial charge in [-0.2, -0.15) is 0 Å². The van der Waals surface area contributed by atoms with Crippen molar-refractivity contribution >= 4 is 29.7 Å². The zero-order chi connectivity index (χ0) is 15.4. The molecule has 0 atom stereocenters. The number of halogens is 1. The van der Waals surface area contributed by atoms with Gasteiger partial charge in [-0.3, -0.25) is 4.79 Å². The lowest BCUT2D eigenvalue weighted by atomic mass is 9.96. The number of nitrogens with one attached hydrogen (secondary N) is 1. The van der Waals surface area contributed by atoms with Crippen molar-refractivity contribution in [1.82, 2.24) is 10.3 Å². The number of benzene rings is 1. The van der Waals surface area contributed by atoms with Crippen molar-refractivity contribution in [1.29, 1.82) is 0 Å². The summed E-state index contributed by atoms with van der Waals surface area (Å²) in [5.41, 5.74) is 6.92. The largest absolute Gasteiger partial charge is 0.490 e. The Labute approximate surface area is 145 Å². The van der Waals surface area contributed by atoms with Crippen molar-refractivity contribution in [3.05, 3.63) is 45.9 Å². The number of hydrogen-bond acceptors (Lipinski definition) is 5. The Bertz CT molecular complexity index is 658. The number of ether oxygens (including phenoxy) is 1. The van der Waals surface area contributed by atoms with Crippen LogP contribution in [0.1, 0.15) is 40.3 Å². The number of carbonyl (C=O) groups excluding carboxylic acids is 1. The summed E-state index contributed by atoms with van der Waals surface area (Å²) in [5, 5.41) is 5.38. The van der Waals surface area contributed by atoms with Crippen LogP contribution in [0.3, 0.4) is 0 Å². The molecule has 0 bridgehead atoms. The van der Waals surface area contributed by atoms with E-state index in [2.05, 4.69) is 10.3 Å². The van der Waals surface area contributed by atoms with Gasteiger partial charge in [-0.25, -0.2) is 4.98 Å². The Morgan fingerprint density at radius 2 is 2.17 bits per heavy atom. The van der Waals surface area contributed by atoms with Crippen LogP contribution in [0.2, 0.25) is 0 Å². The fraction of sp³-hybridized carbons (Fsp3) is 0.375. The third kappa shape index (κ3) is 4.43. The Kier molecular flexibility index (Phi) is 6.38. The van der Waals surface area contributed by atoms with Crippen molar-refractivity contribution < 1.29 is 9.53 Å². The molecule has 1 aromatic heterocycles. The topological polar surface area (TPSA) is 77.2 Å². The first-order valence-corrected chi connectivity index (χ1v) is 8.31. The van der Waals surface area contributed by atoms with E-state index in [-0.39, 0.29) is 18.3 Å². The summed E-state index contributed by atoms with van der Waals surface area (Å²) in [4.78, 5) is 16.3. The molecular formula is C16H20ClN3O2S. The minimum atomic E-state index is -0.186. The third-order valence-electron chi connectivity index (χ3n) is 3.72. The molecule has 1 aliphatic carbocycles. The second kappa shape index (κ2) is 8.29. The number of carbonyl (C=O) groups is 1. The summed E-state index contributed by atoms with van der Waals surface area (Å²) < 4.78 is 5.96. The molecule has 2 aromatic rings. The van der Waals surface area contributed by atoms with Gasteiger partial charge in [0.2, 0.25) is 0 Å². The maximum absolute atomic E-state index is 12.1. The van der Waals surface area contributed by atoms with E-state index in [9.17, 15) is 4.79 Å². The normalized spacial score (nSPS) is 13.8. The van der Waals surface area contributed by atoms with Gasteiger partial charge < -0.3 is 15.8 Å². The van der Waals surface area contributed by atoms with Crippen LogP contribution in [0, 0.1) is 0 Å². The summed E-state index contributed by atoms with van der Waals surface area (Å²) >= 11 is 1.40. The van der Waals surface area contributed by atoms with Crippen LogP contribution in [-0.2, 0) is 13.1 Å². The summed E-state index contributed by atoms with van der Waals surface area (Å²) in [5.74, 6) is 0.669. The van der Waals surface area contributed by atoms with E-state index in [1.54, 1.807) is 5.38 Å². The number of rotatable bonds is 6. The second-order valence-electron chi connectivity index (χ2n) is 5.29. The lowest BCUT2D eigenvalue weighted by molar-refractivity contribution is 0.0944. The molecule has 5 nitrogen and oxygen atoms in total. The molecule has 124 valence electrons. The molecule has 3 N–H and O–H groups in total. The monoisotopic (exact) mass is 353 g/mol. The Hall–Kier alpha value is -1.63. The van der Waals surface area contributed by atoms with Crippen LogP contribution < -0.4 is 15.8 Å². The van der Waals surface area contributed by atoms with Gasteiger partial charge in [0.1, 0.15) is 16.5 Å². The van der Waals surface area contributed by atoms with Crippen LogP contribution in [0.25, 0.3) is 0 Å². The fourth-order valence-corrected chi connectivity index (χ4v) is 2.86. The first-order valence-electron chi connectivity index (χ1n) is 7.43. The van der Waals surface area contributed by atoms with E-state index in [0.717, 1.165) is 29.2 Å². The molecule has 0 spiro atoms. The molecule has 0 saturated heterocycles. The van der Waals surface area contributed by atoms with Gasteiger partial charge >= 0.3 is 0 Å². The summed E-state index contributed by atoms with van der Waals surface area (Å²) in [7, 11) is 0. The molecule has 3 rings (SSSR count). The van der Waals surface area contributed by atoms with E-state index in [1.165, 1.54) is 17.8 Å². The quantitative estimate of drug-likeness (QED) is 0.837. The molecule has 0 unspecified atom stereocenters. The zero-order valence-corrected chi connectivity index (χ0v) is 14.3. The van der Waals surface area contributed by atoms with Gasteiger partial charge in [-0.05, 0) is 25.3 Å². The maximum Gasteiger partial charge on any atom is 0.271 e. The molecule has 1 heterocycles. The lowest BCUT2D eigenvalue weighted by Gasteiger charge is -2.27. The van der Waals surface area contributed by atoms with Crippen molar-refractivity contribution in [3.8, 4) is 5.75 Å². The molecule has 7 heteroatoms. The molecule has 1 saturated carbocycles. The lowest BCUT2D eigenvalue weighted by Crippen LogP contribution is -2.27. The van der Waals surface area contributed by atoms with E-state index in [1.807, 2.05) is 24.3 Å². The van der Waals surface area contributed by atoms with Gasteiger partial charge in [0.25, 0.3) is 5.91 Å². The number of thiazole rings is 1. The number of hydrogen-bond donors (Lipinski definition) is 2. The number of aromatic nitrogens is 1.